The summed E-state index contributed by atoms with van der Waals surface area (Å²) in [6, 6.07) is 15.9. The third-order valence-corrected chi connectivity index (χ3v) is 11.2. The van der Waals surface area contributed by atoms with Crippen molar-refractivity contribution < 1.29 is 18.1 Å². The molecule has 0 amide bonds. The fourth-order valence-electron chi connectivity index (χ4n) is 3.52. The van der Waals surface area contributed by atoms with Crippen LogP contribution >= 0.6 is 37.7 Å². The molecular formula is C30H52N6O4P2S4. The Morgan fingerprint density at radius 1 is 0.522 bits per heavy atom. The molecule has 0 unspecified atom stereocenters. The summed E-state index contributed by atoms with van der Waals surface area (Å²) in [5, 5.41) is 13.1. The van der Waals surface area contributed by atoms with Gasteiger partial charge in [0.2, 0.25) is 0 Å². The second-order valence-corrected chi connectivity index (χ2v) is 18.6. The number of nitrogens with one attached hydrogen (secondary N) is 4. The Hall–Kier alpha value is -1.44. The highest BCUT2D eigenvalue weighted by Crippen LogP contribution is 2.47. The van der Waals surface area contributed by atoms with Crippen molar-refractivity contribution in [3.05, 3.63) is 48.5 Å². The molecule has 0 fully saturated rings. The Morgan fingerprint density at radius 2 is 0.761 bits per heavy atom. The van der Waals surface area contributed by atoms with E-state index in [9.17, 15) is 0 Å². The Balaban J connectivity index is 0.000000460. The fraction of sp³-hybridized carbons (Fsp3) is 0.533. The van der Waals surface area contributed by atoms with Gasteiger partial charge in [0, 0.05) is 50.9 Å². The predicted molar refractivity (Wildman–Crippen MR) is 214 cm³/mol. The van der Waals surface area contributed by atoms with Crippen molar-refractivity contribution in [3.8, 4) is 0 Å². The lowest BCUT2D eigenvalue weighted by atomic mass is 10.2. The number of rotatable bonds is 14. The number of benzene rings is 2. The van der Waals surface area contributed by atoms with Gasteiger partial charge in [-0.2, -0.15) is 0 Å². The van der Waals surface area contributed by atoms with Gasteiger partial charge in [0.25, 0.3) is 13.3 Å². The van der Waals surface area contributed by atoms with Gasteiger partial charge in [0.05, 0.1) is 24.4 Å². The minimum Gasteiger partial charge on any atom is -0.378 e. The molecule has 16 heteroatoms. The van der Waals surface area contributed by atoms with Crippen LogP contribution in [0.25, 0.3) is 0 Å². The second kappa shape index (κ2) is 20.2. The van der Waals surface area contributed by atoms with Crippen LogP contribution in [0.5, 0.6) is 0 Å². The van der Waals surface area contributed by atoms with Gasteiger partial charge in [-0.05, 0) is 152 Å². The standard InChI is InChI=1S/2C15H26N3O2PS2/c2*1-11(2)19-21(23,20-12(3)4)17-15(22)16-13-7-9-14(10-8-13)18(5)6/h2*7-12H,1-6H3,(H2,16,17,22,23). The maximum atomic E-state index is 5.77. The molecule has 0 saturated heterocycles. The molecule has 0 radical (unpaired) electrons. The molecule has 2 aromatic rings. The molecule has 0 spiro atoms. The molecular weight excluding hydrogens is 699 g/mol. The van der Waals surface area contributed by atoms with Crippen LogP contribution in [0.1, 0.15) is 55.4 Å². The summed E-state index contributed by atoms with van der Waals surface area (Å²) in [4.78, 5) is 4.07. The van der Waals surface area contributed by atoms with Crippen LogP contribution in [0, 0.1) is 0 Å². The summed E-state index contributed by atoms with van der Waals surface area (Å²) in [5.74, 6) is 0. The van der Waals surface area contributed by atoms with Crippen molar-refractivity contribution in [2.24, 2.45) is 0 Å². The Morgan fingerprint density at radius 3 is 0.957 bits per heavy atom. The number of hydrogen-bond donors (Lipinski definition) is 4. The largest absolute Gasteiger partial charge is 0.378 e. The van der Waals surface area contributed by atoms with Crippen LogP contribution in [0.15, 0.2) is 48.5 Å². The van der Waals surface area contributed by atoms with Gasteiger partial charge in [-0.3, -0.25) is 10.2 Å². The van der Waals surface area contributed by atoms with Crippen LogP contribution in [0.2, 0.25) is 0 Å². The molecule has 0 aromatic heterocycles. The van der Waals surface area contributed by atoms with Crippen LogP contribution in [-0.2, 0) is 41.7 Å². The van der Waals surface area contributed by atoms with Crippen LogP contribution in [-0.4, -0.2) is 62.8 Å². The van der Waals surface area contributed by atoms with Crippen LogP contribution < -0.4 is 30.6 Å². The molecule has 0 aliphatic heterocycles. The Bertz CT molecular complexity index is 1200. The van der Waals surface area contributed by atoms with Crippen molar-refractivity contribution >= 4 is 94.3 Å². The van der Waals surface area contributed by atoms with Gasteiger partial charge in [0.15, 0.2) is 10.2 Å². The molecule has 2 rings (SSSR count). The molecule has 0 aliphatic rings. The van der Waals surface area contributed by atoms with E-state index in [4.69, 9.17) is 66.1 Å². The first kappa shape index (κ1) is 42.6. The zero-order chi connectivity index (χ0) is 35.2. The second-order valence-electron chi connectivity index (χ2n) is 11.6. The maximum absolute atomic E-state index is 5.77. The molecule has 4 N–H and O–H groups in total. The van der Waals surface area contributed by atoms with Crippen molar-refractivity contribution in [1.29, 1.82) is 0 Å². The summed E-state index contributed by atoms with van der Waals surface area (Å²) in [6.45, 7) is 10.00. The van der Waals surface area contributed by atoms with Crippen molar-refractivity contribution in [2.75, 3.05) is 48.6 Å². The number of hydrogen-bond acceptors (Lipinski definition) is 10. The van der Waals surface area contributed by atoms with E-state index in [0.717, 1.165) is 22.7 Å². The summed E-state index contributed by atoms with van der Waals surface area (Å²) < 4.78 is 23.1. The van der Waals surface area contributed by atoms with E-state index in [1.165, 1.54) is 0 Å². The monoisotopic (exact) mass is 750 g/mol. The maximum Gasteiger partial charge on any atom is 0.289 e. The lowest BCUT2D eigenvalue weighted by Crippen LogP contribution is -2.29. The van der Waals surface area contributed by atoms with Crippen molar-refractivity contribution in [1.82, 2.24) is 10.2 Å². The molecule has 0 saturated carbocycles. The lowest BCUT2D eigenvalue weighted by Gasteiger charge is -2.27. The van der Waals surface area contributed by atoms with E-state index in [1.807, 2.05) is 142 Å². The molecule has 0 aliphatic carbocycles. The molecule has 0 bridgehead atoms. The van der Waals surface area contributed by atoms with Crippen LogP contribution in [0.3, 0.4) is 0 Å². The molecule has 260 valence electrons. The average Bonchev–Trinajstić information content (AvgIpc) is 2.87. The van der Waals surface area contributed by atoms with E-state index < -0.39 is 13.3 Å². The highest BCUT2D eigenvalue weighted by molar-refractivity contribution is 8.09. The Kier molecular flexibility index (Phi) is 18.7. The normalized spacial score (nSPS) is 11.7. The first-order valence-corrected chi connectivity index (χ1v) is 21.0. The molecule has 0 atom stereocenters. The minimum atomic E-state index is -2.68. The molecule has 2 aromatic carbocycles. The molecule has 0 heterocycles. The number of nitrogens with zero attached hydrogens (tertiary/aromatic N) is 2. The van der Waals surface area contributed by atoms with E-state index in [2.05, 4.69) is 20.8 Å². The summed E-state index contributed by atoms with van der Waals surface area (Å²) >= 11 is 21.7. The quantitative estimate of drug-likeness (QED) is 0.110. The first-order valence-electron chi connectivity index (χ1n) is 14.9. The van der Waals surface area contributed by atoms with E-state index in [-0.39, 0.29) is 24.4 Å². The number of anilines is 4. The van der Waals surface area contributed by atoms with Crippen molar-refractivity contribution in [3.63, 3.8) is 0 Å². The van der Waals surface area contributed by atoms with E-state index in [0.29, 0.717) is 10.2 Å². The van der Waals surface area contributed by atoms with Crippen LogP contribution in [0.4, 0.5) is 22.7 Å². The topological polar surface area (TPSA) is 91.5 Å². The van der Waals surface area contributed by atoms with Gasteiger partial charge < -0.3 is 38.5 Å². The summed E-state index contributed by atoms with van der Waals surface area (Å²) in [7, 11) is 7.99. The zero-order valence-electron chi connectivity index (χ0n) is 29.0. The van der Waals surface area contributed by atoms with E-state index >= 15 is 0 Å². The zero-order valence-corrected chi connectivity index (χ0v) is 34.0. The average molecular weight is 751 g/mol. The molecule has 10 nitrogen and oxygen atoms in total. The highest BCUT2D eigenvalue weighted by Gasteiger charge is 2.25. The predicted octanol–water partition coefficient (Wildman–Crippen LogP) is 8.23. The van der Waals surface area contributed by atoms with Crippen molar-refractivity contribution in [2.45, 2.75) is 79.8 Å². The van der Waals surface area contributed by atoms with E-state index in [1.54, 1.807) is 0 Å². The molecule has 46 heavy (non-hydrogen) atoms. The minimum absolute atomic E-state index is 0.0470. The SMILES string of the molecule is CC(C)OP(=S)(NC(=S)Nc1ccc(N(C)C)cc1)OC(C)C.CC(C)OP(=S)(NC(=S)Nc1ccc(N(C)C)cc1)OC(C)C. The first-order chi connectivity index (χ1) is 21.2. The van der Waals surface area contributed by atoms with Gasteiger partial charge >= 0.3 is 0 Å². The lowest BCUT2D eigenvalue weighted by molar-refractivity contribution is 0.171. The third kappa shape index (κ3) is 17.6. The fourth-order valence-corrected chi connectivity index (χ4v) is 10.6. The third-order valence-electron chi connectivity index (χ3n) is 5.16. The van der Waals surface area contributed by atoms with Gasteiger partial charge in [-0.15, -0.1) is 0 Å². The number of thiocarbonyl (C=S) groups is 2. The highest BCUT2D eigenvalue weighted by atomic mass is 32.5. The summed E-state index contributed by atoms with van der Waals surface area (Å²) in [5.41, 5.74) is 3.99. The van der Waals surface area contributed by atoms with Gasteiger partial charge in [-0.25, -0.2) is 0 Å². The Labute approximate surface area is 298 Å². The smallest absolute Gasteiger partial charge is 0.289 e. The van der Waals surface area contributed by atoms with Gasteiger partial charge in [-0.1, -0.05) is 0 Å². The van der Waals surface area contributed by atoms with Gasteiger partial charge in [0.1, 0.15) is 0 Å². The summed E-state index contributed by atoms with van der Waals surface area (Å²) in [6.07, 6.45) is -0.188.